The van der Waals surface area contributed by atoms with E-state index in [1.54, 1.807) is 0 Å². The fraction of sp³-hybridized carbons (Fsp3) is 0. The summed E-state index contributed by atoms with van der Waals surface area (Å²) in [6.07, 6.45) is 0. The van der Waals surface area contributed by atoms with E-state index < -0.39 is 0 Å². The van der Waals surface area contributed by atoms with Crippen LogP contribution in [0.5, 0.6) is 0 Å². The number of hydrogen-bond acceptors (Lipinski definition) is 0. The van der Waals surface area contributed by atoms with Gasteiger partial charge in [-0.05, 0) is 0 Å². The van der Waals surface area contributed by atoms with Gasteiger partial charge in [-0.3, -0.25) is 18.2 Å². The van der Waals surface area contributed by atoms with Gasteiger partial charge in [0.05, 0.1) is 0 Å². The first-order chi connectivity index (χ1) is 6.45. The first-order valence-electron chi connectivity index (χ1n) is 4.48. The molecule has 3 rings (SSSR count). The minimum absolute atomic E-state index is 0. The van der Waals surface area contributed by atoms with E-state index >= 15 is 0 Å². The predicted molar refractivity (Wildman–Crippen MR) is 56.9 cm³/mol. The Hall–Kier alpha value is 1.82. The molecule has 1 aliphatic heterocycles. The summed E-state index contributed by atoms with van der Waals surface area (Å²) in [5.74, 6) is 0. The Balaban J connectivity index is 0.000000750. The molecule has 16 heavy (non-hydrogen) atoms. The van der Waals surface area contributed by atoms with Crippen molar-refractivity contribution in [3.05, 3.63) is 48.5 Å². The van der Waals surface area contributed by atoms with E-state index in [4.69, 9.17) is 0 Å². The predicted octanol–water partition coefficient (Wildman–Crippen LogP) is 1.31. The van der Waals surface area contributed by atoms with E-state index in [0.717, 1.165) is 0 Å². The van der Waals surface area contributed by atoms with Crippen LogP contribution in [0.1, 0.15) is 0 Å². The van der Waals surface area contributed by atoms with E-state index in [-0.39, 0.29) is 98.1 Å². The molecule has 0 fully saturated rings. The summed E-state index contributed by atoms with van der Waals surface area (Å²) >= 11 is 0. The molecule has 1 aliphatic rings. The standard InChI is InChI=1S/C12H8B.3Y/c1-3-7-11-9(5-1)10-6-2-4-8-12(10)13-11;;;/h1-8H;;;/q-1;;;. The van der Waals surface area contributed by atoms with Gasteiger partial charge in [0.2, 0.25) is 0 Å². The van der Waals surface area contributed by atoms with Crippen LogP contribution in [-0.4, -0.2) is 7.28 Å². The molecule has 1 heterocycles. The fourth-order valence-electron chi connectivity index (χ4n) is 1.90. The zero-order valence-corrected chi connectivity index (χ0v) is 17.4. The Kier molecular flexibility index (Phi) is 9.00. The summed E-state index contributed by atoms with van der Waals surface area (Å²) in [7, 11) is 2.24. The third kappa shape index (κ3) is 3.43. The first-order valence-corrected chi connectivity index (χ1v) is 4.48. The van der Waals surface area contributed by atoms with Crippen LogP contribution >= 0.6 is 0 Å². The van der Waals surface area contributed by atoms with Crippen molar-refractivity contribution in [2.24, 2.45) is 0 Å². The topological polar surface area (TPSA) is 0 Å². The average molecular weight is 430 g/mol. The first kappa shape index (κ1) is 17.8. The molecule has 2 aromatic carbocycles. The van der Waals surface area contributed by atoms with Crippen LogP contribution in [0, 0.1) is 0 Å². The van der Waals surface area contributed by atoms with Crippen molar-refractivity contribution in [2.75, 3.05) is 0 Å². The zero-order chi connectivity index (χ0) is 8.67. The van der Waals surface area contributed by atoms with Gasteiger partial charge in [0.1, 0.15) is 0 Å². The average Bonchev–Trinajstić information content (AvgIpc) is 2.56. The van der Waals surface area contributed by atoms with Gasteiger partial charge in [0.25, 0.3) is 0 Å². The van der Waals surface area contributed by atoms with Crippen LogP contribution in [0.15, 0.2) is 48.5 Å². The van der Waals surface area contributed by atoms with Gasteiger partial charge in [-0.25, -0.2) is 0 Å². The molecule has 69 valence electrons. The Morgan fingerprint density at radius 1 is 0.562 bits per heavy atom. The summed E-state index contributed by atoms with van der Waals surface area (Å²) in [5.41, 5.74) is 5.39. The summed E-state index contributed by atoms with van der Waals surface area (Å²) in [4.78, 5) is 0. The van der Waals surface area contributed by atoms with Crippen molar-refractivity contribution < 1.29 is 98.1 Å². The maximum absolute atomic E-state index is 2.24. The zero-order valence-electron chi connectivity index (χ0n) is 8.93. The molecule has 4 heteroatoms. The van der Waals surface area contributed by atoms with Crippen molar-refractivity contribution in [3.63, 3.8) is 0 Å². The molecule has 0 bridgehead atoms. The van der Waals surface area contributed by atoms with Crippen molar-refractivity contribution in [3.8, 4) is 11.1 Å². The number of fused-ring (bicyclic) bond motifs is 3. The van der Waals surface area contributed by atoms with Crippen LogP contribution in [0.4, 0.5) is 0 Å². The van der Waals surface area contributed by atoms with Gasteiger partial charge >= 0.3 is 0 Å². The Bertz CT molecular complexity index is 428. The van der Waals surface area contributed by atoms with E-state index in [9.17, 15) is 0 Å². The quantitative estimate of drug-likeness (QED) is 0.473. The Morgan fingerprint density at radius 2 is 0.938 bits per heavy atom. The van der Waals surface area contributed by atoms with E-state index in [1.165, 1.54) is 22.1 Å². The third-order valence-corrected chi connectivity index (χ3v) is 2.52. The van der Waals surface area contributed by atoms with E-state index in [2.05, 4.69) is 55.8 Å². The van der Waals surface area contributed by atoms with Gasteiger partial charge in [-0.15, -0.1) is 12.1 Å². The van der Waals surface area contributed by atoms with Crippen LogP contribution in [-0.2, 0) is 98.1 Å². The second-order valence-electron chi connectivity index (χ2n) is 3.32. The molecule has 0 spiro atoms. The maximum Gasteiger partial charge on any atom is 0 e. The molecule has 0 aliphatic carbocycles. The molecule has 0 atom stereocenters. The Morgan fingerprint density at radius 3 is 1.38 bits per heavy atom. The van der Waals surface area contributed by atoms with Crippen molar-refractivity contribution >= 4 is 18.2 Å². The van der Waals surface area contributed by atoms with E-state index in [0.29, 0.717) is 0 Å². The van der Waals surface area contributed by atoms with Gasteiger partial charge in [0.15, 0.2) is 0 Å². The summed E-state index contributed by atoms with van der Waals surface area (Å²) in [6, 6.07) is 17.0. The molecule has 0 unspecified atom stereocenters. The van der Waals surface area contributed by atoms with E-state index in [1.807, 2.05) is 0 Å². The molecule has 0 saturated carbocycles. The molecule has 0 amide bonds. The van der Waals surface area contributed by atoms with Crippen molar-refractivity contribution in [2.45, 2.75) is 0 Å². The Labute approximate surface area is 173 Å². The van der Waals surface area contributed by atoms with Gasteiger partial charge in [-0.2, -0.15) is 0 Å². The molecule has 0 nitrogen and oxygen atoms in total. The van der Waals surface area contributed by atoms with Crippen LogP contribution < -0.4 is 10.9 Å². The SMILES string of the molecule is [B-]1c2ccccc2-c2ccccc21.[Y].[Y].[Y]. The monoisotopic (exact) mass is 430 g/mol. The minimum atomic E-state index is 0. The summed E-state index contributed by atoms with van der Waals surface area (Å²) < 4.78 is 0. The number of rotatable bonds is 0. The largest absolute Gasteiger partial charge is 0.268 e. The minimum Gasteiger partial charge on any atom is -0.268 e. The van der Waals surface area contributed by atoms with Crippen molar-refractivity contribution in [1.29, 1.82) is 0 Å². The molecule has 0 N–H and O–H groups in total. The van der Waals surface area contributed by atoms with Crippen LogP contribution in [0.2, 0.25) is 0 Å². The summed E-state index contributed by atoms with van der Waals surface area (Å²) in [5, 5.41) is 0. The molecule has 5 radical (unpaired) electrons. The molecule has 0 saturated heterocycles. The molecular formula is C12H8BY3-. The molecular weight excluding hydrogens is 422 g/mol. The van der Waals surface area contributed by atoms with Crippen molar-refractivity contribution in [1.82, 2.24) is 0 Å². The fourth-order valence-corrected chi connectivity index (χ4v) is 1.90. The molecule has 0 aromatic heterocycles. The van der Waals surface area contributed by atoms with Crippen LogP contribution in [0.25, 0.3) is 11.1 Å². The second-order valence-corrected chi connectivity index (χ2v) is 3.32. The molecule has 2 aromatic rings. The van der Waals surface area contributed by atoms with Gasteiger partial charge < -0.3 is 0 Å². The second kappa shape index (κ2) is 8.08. The number of hydrogen-bond donors (Lipinski definition) is 0. The van der Waals surface area contributed by atoms with Gasteiger partial charge in [-0.1, -0.05) is 47.5 Å². The smallest absolute Gasteiger partial charge is 0 e. The van der Waals surface area contributed by atoms with Crippen LogP contribution in [0.3, 0.4) is 0 Å². The maximum atomic E-state index is 2.24. The third-order valence-electron chi connectivity index (χ3n) is 2.52. The summed E-state index contributed by atoms with van der Waals surface area (Å²) in [6.45, 7) is 0. The normalized spacial score (nSPS) is 10.0. The van der Waals surface area contributed by atoms with Gasteiger partial charge in [0, 0.05) is 98.1 Å². The number of benzene rings is 2.